The van der Waals surface area contributed by atoms with Crippen molar-refractivity contribution in [1.29, 1.82) is 0 Å². The molecular weight excluding hydrogens is 430 g/mol. The number of pyridine rings is 1. The summed E-state index contributed by atoms with van der Waals surface area (Å²) in [5.74, 6) is 0.744. The van der Waals surface area contributed by atoms with Crippen LogP contribution < -0.4 is 10.6 Å². The topological polar surface area (TPSA) is 67.2 Å². The summed E-state index contributed by atoms with van der Waals surface area (Å²) in [4.78, 5) is 18.4. The van der Waals surface area contributed by atoms with E-state index in [1.807, 2.05) is 49.4 Å². The number of nitrogens with one attached hydrogen (secondary N) is 2. The minimum Gasteiger partial charge on any atom is -0.459 e. The van der Waals surface area contributed by atoms with Gasteiger partial charge in [-0.2, -0.15) is 0 Å². The van der Waals surface area contributed by atoms with Crippen molar-refractivity contribution in [2.75, 3.05) is 10.6 Å². The first-order valence-electron chi connectivity index (χ1n) is 9.83. The van der Waals surface area contributed by atoms with Crippen molar-refractivity contribution < 1.29 is 9.21 Å². The molecule has 4 aromatic rings. The molecule has 5 nitrogen and oxygen atoms in total. The van der Waals surface area contributed by atoms with E-state index in [-0.39, 0.29) is 17.7 Å². The van der Waals surface area contributed by atoms with Crippen LogP contribution in [-0.4, -0.2) is 10.9 Å². The van der Waals surface area contributed by atoms with E-state index in [1.54, 1.807) is 23.5 Å². The zero-order valence-corrected chi connectivity index (χ0v) is 19.0. The first-order valence-corrected chi connectivity index (χ1v) is 11.0. The van der Waals surface area contributed by atoms with E-state index in [2.05, 4.69) is 29.5 Å². The predicted octanol–water partition coefficient (Wildman–Crippen LogP) is 6.77. The number of nitrogens with zero attached hydrogens (tertiary/aromatic N) is 1. The molecule has 0 saturated carbocycles. The molecule has 0 spiro atoms. The summed E-state index contributed by atoms with van der Waals surface area (Å²) in [5, 5.41) is 8.03. The molecule has 3 heterocycles. The first kappa shape index (κ1) is 21.2. The molecule has 0 unspecified atom stereocenters. The molecule has 0 radical (unpaired) electrons. The summed E-state index contributed by atoms with van der Waals surface area (Å²) in [6, 6.07) is 16.7. The van der Waals surface area contributed by atoms with Gasteiger partial charge in [0.25, 0.3) is 5.91 Å². The van der Waals surface area contributed by atoms with Crippen molar-refractivity contribution in [3.8, 4) is 0 Å². The van der Waals surface area contributed by atoms with E-state index >= 15 is 0 Å². The molecule has 2 N–H and O–H groups in total. The van der Waals surface area contributed by atoms with Crippen LogP contribution in [0.3, 0.4) is 0 Å². The van der Waals surface area contributed by atoms with Crippen LogP contribution in [0, 0.1) is 20.8 Å². The van der Waals surface area contributed by atoms with Gasteiger partial charge in [-0.15, -0.1) is 11.3 Å². The van der Waals surface area contributed by atoms with E-state index in [4.69, 9.17) is 16.0 Å². The fraction of sp³-hybridized carbons (Fsp3) is 0.167. The molecule has 0 aliphatic rings. The number of aryl methyl sites for hydroxylation is 2. The molecule has 0 fully saturated rings. The van der Waals surface area contributed by atoms with E-state index in [1.165, 1.54) is 6.26 Å². The van der Waals surface area contributed by atoms with Crippen LogP contribution in [0.15, 0.2) is 65.3 Å². The second-order valence-corrected chi connectivity index (χ2v) is 8.91. The van der Waals surface area contributed by atoms with Crippen molar-refractivity contribution in [2.24, 2.45) is 0 Å². The molecule has 0 saturated heterocycles. The fourth-order valence-electron chi connectivity index (χ4n) is 3.41. The van der Waals surface area contributed by atoms with E-state index < -0.39 is 0 Å². The van der Waals surface area contributed by atoms with E-state index in [0.29, 0.717) is 5.02 Å². The second kappa shape index (κ2) is 8.96. The molecule has 1 aromatic carbocycles. The summed E-state index contributed by atoms with van der Waals surface area (Å²) in [7, 11) is 0. The van der Waals surface area contributed by atoms with Crippen LogP contribution in [0.4, 0.5) is 10.8 Å². The maximum absolute atomic E-state index is 12.7. The molecule has 31 heavy (non-hydrogen) atoms. The number of amides is 1. The highest BCUT2D eigenvalue weighted by Crippen LogP contribution is 2.41. The normalized spacial score (nSPS) is 11.9. The van der Waals surface area contributed by atoms with Crippen LogP contribution in [-0.2, 0) is 0 Å². The molecular formula is C24H22ClN3O2S. The van der Waals surface area contributed by atoms with Crippen molar-refractivity contribution in [3.05, 3.63) is 98.9 Å². The summed E-state index contributed by atoms with van der Waals surface area (Å²) in [6.07, 6.45) is 1.49. The Morgan fingerprint density at radius 1 is 1.06 bits per heavy atom. The van der Waals surface area contributed by atoms with Gasteiger partial charge in [0.1, 0.15) is 10.8 Å². The summed E-state index contributed by atoms with van der Waals surface area (Å²) in [5.41, 5.74) is 4.04. The summed E-state index contributed by atoms with van der Waals surface area (Å²) < 4.78 is 5.26. The van der Waals surface area contributed by atoms with Gasteiger partial charge in [-0.3, -0.25) is 4.79 Å². The first-order chi connectivity index (χ1) is 14.9. The van der Waals surface area contributed by atoms with Gasteiger partial charge in [0.2, 0.25) is 0 Å². The quantitative estimate of drug-likeness (QED) is 0.339. The highest BCUT2D eigenvalue weighted by atomic mass is 35.5. The van der Waals surface area contributed by atoms with Crippen molar-refractivity contribution in [3.63, 3.8) is 0 Å². The van der Waals surface area contributed by atoms with Crippen LogP contribution in [0.2, 0.25) is 5.02 Å². The minimum atomic E-state index is -0.281. The Labute approximate surface area is 190 Å². The Bertz CT molecular complexity index is 1200. The third kappa shape index (κ3) is 4.65. The van der Waals surface area contributed by atoms with Crippen molar-refractivity contribution in [2.45, 2.75) is 26.8 Å². The number of aromatic nitrogens is 1. The predicted molar refractivity (Wildman–Crippen MR) is 126 cm³/mol. The lowest BCUT2D eigenvalue weighted by atomic mass is 9.96. The van der Waals surface area contributed by atoms with E-state index in [0.717, 1.165) is 38.1 Å². The maximum Gasteiger partial charge on any atom is 0.291 e. The van der Waals surface area contributed by atoms with Crippen molar-refractivity contribution >= 4 is 39.7 Å². The molecule has 1 amide bonds. The standard InChI is InChI=1S/C24H22ClN3O2S/c1-14-6-4-8-20(26-14)27-22(17-9-11-18(25)12-10-17)21-15(2)16(3)31-24(21)28-23(29)19-7-5-13-30-19/h4-13,22H,1-3H3,(H,26,27)(H,28,29)/t22-/m1/s1. The number of rotatable bonds is 6. The monoisotopic (exact) mass is 451 g/mol. The molecule has 4 rings (SSSR count). The largest absolute Gasteiger partial charge is 0.459 e. The molecule has 7 heteroatoms. The third-order valence-electron chi connectivity index (χ3n) is 5.08. The zero-order chi connectivity index (χ0) is 22.0. The number of halogens is 1. The molecule has 0 bridgehead atoms. The Morgan fingerprint density at radius 2 is 1.84 bits per heavy atom. The summed E-state index contributed by atoms with van der Waals surface area (Å²) in [6.45, 7) is 6.07. The number of benzene rings is 1. The number of furan rings is 1. The van der Waals surface area contributed by atoms with Crippen LogP contribution in [0.25, 0.3) is 0 Å². The van der Waals surface area contributed by atoms with Crippen LogP contribution in [0.1, 0.15) is 43.9 Å². The Hall–Kier alpha value is -3.09. The molecule has 158 valence electrons. The lowest BCUT2D eigenvalue weighted by Gasteiger charge is -2.22. The number of carbonyl (C=O) groups excluding carboxylic acids is 1. The van der Waals surface area contributed by atoms with Gasteiger partial charge in [0.15, 0.2) is 5.76 Å². The number of carbonyl (C=O) groups is 1. The number of hydrogen-bond acceptors (Lipinski definition) is 5. The van der Waals surface area contributed by atoms with Gasteiger partial charge in [-0.25, -0.2) is 4.98 Å². The van der Waals surface area contributed by atoms with Crippen molar-refractivity contribution in [1.82, 2.24) is 4.98 Å². The Balaban J connectivity index is 1.78. The van der Waals surface area contributed by atoms with E-state index in [9.17, 15) is 4.79 Å². The van der Waals surface area contributed by atoms with Gasteiger partial charge in [-0.1, -0.05) is 29.8 Å². The summed E-state index contributed by atoms with van der Waals surface area (Å²) >= 11 is 7.68. The number of anilines is 2. The lowest BCUT2D eigenvalue weighted by Crippen LogP contribution is -2.17. The average molecular weight is 452 g/mol. The van der Waals surface area contributed by atoms with Gasteiger partial charge in [-0.05, 0) is 68.3 Å². The highest BCUT2D eigenvalue weighted by molar-refractivity contribution is 7.16. The smallest absolute Gasteiger partial charge is 0.291 e. The zero-order valence-electron chi connectivity index (χ0n) is 17.4. The molecule has 3 aromatic heterocycles. The maximum atomic E-state index is 12.7. The fourth-order valence-corrected chi connectivity index (χ4v) is 4.63. The number of hydrogen-bond donors (Lipinski definition) is 2. The number of thiophene rings is 1. The third-order valence-corrected chi connectivity index (χ3v) is 6.47. The van der Waals surface area contributed by atoms with Crippen LogP contribution in [0.5, 0.6) is 0 Å². The van der Waals surface area contributed by atoms with Gasteiger partial charge < -0.3 is 15.1 Å². The van der Waals surface area contributed by atoms with Gasteiger partial charge >= 0.3 is 0 Å². The lowest BCUT2D eigenvalue weighted by molar-refractivity contribution is 0.0997. The Morgan fingerprint density at radius 3 is 2.52 bits per heavy atom. The van der Waals surface area contributed by atoms with Gasteiger partial charge in [0.05, 0.1) is 12.3 Å². The average Bonchev–Trinajstić information content (AvgIpc) is 3.37. The molecule has 0 aliphatic heterocycles. The molecule has 1 atom stereocenters. The van der Waals surface area contributed by atoms with Crippen LogP contribution >= 0.6 is 22.9 Å². The minimum absolute atomic E-state index is 0.233. The molecule has 0 aliphatic carbocycles. The SMILES string of the molecule is Cc1cccc(N[C@H](c2ccc(Cl)cc2)c2c(NC(=O)c3ccco3)sc(C)c2C)n1. The second-order valence-electron chi connectivity index (χ2n) is 7.25. The highest BCUT2D eigenvalue weighted by Gasteiger charge is 2.25. The Kier molecular flexibility index (Phi) is 6.11. The van der Waals surface area contributed by atoms with Gasteiger partial charge in [0, 0.05) is 21.2 Å².